The fraction of sp³-hybridized carbons (Fsp3) is 0.130. The van der Waals surface area contributed by atoms with Crippen LogP contribution in [0.3, 0.4) is 0 Å². The lowest BCUT2D eigenvalue weighted by Crippen LogP contribution is -2.27. The van der Waals surface area contributed by atoms with Crippen LogP contribution in [0.25, 0.3) is 17.4 Å². The van der Waals surface area contributed by atoms with Crippen LogP contribution < -0.4 is 14.4 Å². The number of ether oxygens (including phenoxy) is 2. The number of carbonyl (C=O) groups excluding carboxylic acids is 1. The van der Waals surface area contributed by atoms with Crippen LogP contribution in [0.5, 0.6) is 11.5 Å². The van der Waals surface area contributed by atoms with E-state index in [1.165, 1.54) is 35.9 Å². The van der Waals surface area contributed by atoms with Crippen molar-refractivity contribution in [1.82, 2.24) is 0 Å². The number of thioether (sulfide) groups is 1. The Hall–Kier alpha value is -3.63. The number of thiocarbonyl (C=S) groups is 1. The van der Waals surface area contributed by atoms with Crippen LogP contribution in [0.4, 0.5) is 11.4 Å². The van der Waals surface area contributed by atoms with Crippen molar-refractivity contribution in [3.63, 3.8) is 0 Å². The molecule has 0 saturated carbocycles. The SMILES string of the molecule is CCOc1ccc(N2C(=O)/C(=C\c3ccc(-c4ccc([N+](=O)[O-])cc4OC)o3)SC2=S)cc1. The summed E-state index contributed by atoms with van der Waals surface area (Å²) < 4.78 is 17.0. The summed E-state index contributed by atoms with van der Waals surface area (Å²) in [6.45, 7) is 2.46. The number of nitro benzene ring substituents is 1. The van der Waals surface area contributed by atoms with Crippen molar-refractivity contribution in [2.24, 2.45) is 0 Å². The molecule has 168 valence electrons. The normalized spacial score (nSPS) is 14.7. The Morgan fingerprint density at radius 2 is 1.94 bits per heavy atom. The van der Waals surface area contributed by atoms with E-state index in [2.05, 4.69) is 0 Å². The van der Waals surface area contributed by atoms with Crippen LogP contribution in [0.2, 0.25) is 0 Å². The summed E-state index contributed by atoms with van der Waals surface area (Å²) in [6.07, 6.45) is 1.62. The summed E-state index contributed by atoms with van der Waals surface area (Å²) in [5.41, 5.74) is 1.13. The molecule has 10 heteroatoms. The fourth-order valence-electron chi connectivity index (χ4n) is 3.25. The van der Waals surface area contributed by atoms with Crippen LogP contribution in [0.1, 0.15) is 12.7 Å². The van der Waals surface area contributed by atoms with E-state index in [-0.39, 0.29) is 11.6 Å². The monoisotopic (exact) mass is 482 g/mol. The zero-order valence-electron chi connectivity index (χ0n) is 17.6. The van der Waals surface area contributed by atoms with Gasteiger partial charge in [-0.1, -0.05) is 24.0 Å². The van der Waals surface area contributed by atoms with Gasteiger partial charge in [0.1, 0.15) is 23.0 Å². The maximum atomic E-state index is 13.0. The molecule has 2 aromatic carbocycles. The number of hydrogen-bond acceptors (Lipinski definition) is 8. The van der Waals surface area contributed by atoms with Crippen LogP contribution in [-0.2, 0) is 4.79 Å². The zero-order chi connectivity index (χ0) is 23.5. The number of hydrogen-bond donors (Lipinski definition) is 0. The van der Waals surface area contributed by atoms with Crippen LogP contribution in [0.15, 0.2) is 63.9 Å². The topological polar surface area (TPSA) is 95.0 Å². The minimum absolute atomic E-state index is 0.0830. The van der Waals surface area contributed by atoms with Gasteiger partial charge in [0, 0.05) is 12.1 Å². The van der Waals surface area contributed by atoms with Crippen molar-refractivity contribution < 1.29 is 23.6 Å². The first-order valence-electron chi connectivity index (χ1n) is 9.84. The third-order valence-electron chi connectivity index (χ3n) is 4.76. The lowest BCUT2D eigenvalue weighted by molar-refractivity contribution is -0.384. The number of carbonyl (C=O) groups is 1. The Balaban J connectivity index is 1.58. The Labute approximate surface area is 198 Å². The Bertz CT molecular complexity index is 1270. The highest BCUT2D eigenvalue weighted by molar-refractivity contribution is 8.27. The molecule has 1 aliphatic rings. The number of nitrogens with zero attached hydrogens (tertiary/aromatic N) is 2. The van der Waals surface area contributed by atoms with Gasteiger partial charge in [-0.25, -0.2) is 0 Å². The molecule has 0 aliphatic carbocycles. The molecule has 2 heterocycles. The second kappa shape index (κ2) is 9.47. The highest BCUT2D eigenvalue weighted by atomic mass is 32.2. The predicted octanol–water partition coefficient (Wildman–Crippen LogP) is 5.67. The summed E-state index contributed by atoms with van der Waals surface area (Å²) in [7, 11) is 1.43. The Morgan fingerprint density at radius 1 is 1.18 bits per heavy atom. The van der Waals surface area contributed by atoms with Gasteiger partial charge in [0.25, 0.3) is 11.6 Å². The molecule has 1 aliphatic heterocycles. The number of anilines is 1. The average Bonchev–Trinajstić information content (AvgIpc) is 3.38. The molecular weight excluding hydrogens is 464 g/mol. The standard InChI is InChI=1S/C23H18N2O6S2/c1-3-30-16-7-4-14(5-8-16)24-22(26)21(33-23(24)32)13-17-9-11-19(31-17)18-10-6-15(25(27)28)12-20(18)29-2/h4-13H,3H2,1-2H3/b21-13+. The van der Waals surface area contributed by atoms with Gasteiger partial charge in [-0.15, -0.1) is 0 Å². The second-order valence-corrected chi connectivity index (χ2v) is 8.46. The largest absolute Gasteiger partial charge is 0.496 e. The third kappa shape index (κ3) is 4.62. The van der Waals surface area contributed by atoms with Crippen molar-refractivity contribution in [3.8, 4) is 22.8 Å². The van der Waals surface area contributed by atoms with E-state index in [9.17, 15) is 14.9 Å². The molecule has 0 N–H and O–H groups in total. The number of rotatable bonds is 7. The molecule has 0 unspecified atom stereocenters. The molecule has 3 aromatic rings. The van der Waals surface area contributed by atoms with Gasteiger partial charge in [0.15, 0.2) is 4.32 Å². The van der Waals surface area contributed by atoms with E-state index in [4.69, 9.17) is 26.1 Å². The van der Waals surface area contributed by atoms with E-state index in [0.29, 0.717) is 50.1 Å². The van der Waals surface area contributed by atoms with Crippen molar-refractivity contribution in [2.75, 3.05) is 18.6 Å². The quantitative estimate of drug-likeness (QED) is 0.184. The van der Waals surface area contributed by atoms with Crippen molar-refractivity contribution in [3.05, 3.63) is 75.4 Å². The van der Waals surface area contributed by atoms with Gasteiger partial charge in [0.05, 0.1) is 40.9 Å². The van der Waals surface area contributed by atoms with E-state index < -0.39 is 4.92 Å². The third-order valence-corrected chi connectivity index (χ3v) is 6.06. The smallest absolute Gasteiger partial charge is 0.273 e. The molecule has 33 heavy (non-hydrogen) atoms. The van der Waals surface area contributed by atoms with Gasteiger partial charge in [0.2, 0.25) is 0 Å². The lowest BCUT2D eigenvalue weighted by Gasteiger charge is -2.15. The second-order valence-electron chi connectivity index (χ2n) is 6.79. The first-order valence-corrected chi connectivity index (χ1v) is 11.1. The number of methoxy groups -OCH3 is 1. The van der Waals surface area contributed by atoms with Gasteiger partial charge < -0.3 is 13.9 Å². The molecule has 0 bridgehead atoms. The molecule has 0 atom stereocenters. The van der Waals surface area contributed by atoms with Crippen molar-refractivity contribution in [2.45, 2.75) is 6.92 Å². The first-order chi connectivity index (χ1) is 15.9. The lowest BCUT2D eigenvalue weighted by atomic mass is 10.1. The molecule has 8 nitrogen and oxygen atoms in total. The van der Waals surface area contributed by atoms with E-state index in [0.717, 1.165) is 0 Å². The number of amides is 1. The van der Waals surface area contributed by atoms with Gasteiger partial charge in [-0.2, -0.15) is 0 Å². The highest BCUT2D eigenvalue weighted by Crippen LogP contribution is 2.38. The average molecular weight is 483 g/mol. The molecule has 0 radical (unpaired) electrons. The number of nitro groups is 1. The fourth-order valence-corrected chi connectivity index (χ4v) is 4.53. The maximum Gasteiger partial charge on any atom is 0.273 e. The first kappa shape index (κ1) is 22.6. The minimum Gasteiger partial charge on any atom is -0.496 e. The molecule has 4 rings (SSSR count). The van der Waals surface area contributed by atoms with E-state index in [1.54, 1.807) is 48.5 Å². The summed E-state index contributed by atoms with van der Waals surface area (Å²) in [4.78, 5) is 25.4. The molecule has 1 fully saturated rings. The van der Waals surface area contributed by atoms with Crippen LogP contribution in [0, 0.1) is 10.1 Å². The summed E-state index contributed by atoms with van der Waals surface area (Å²) >= 11 is 6.60. The Morgan fingerprint density at radius 3 is 2.61 bits per heavy atom. The predicted molar refractivity (Wildman–Crippen MR) is 131 cm³/mol. The highest BCUT2D eigenvalue weighted by Gasteiger charge is 2.33. The summed E-state index contributed by atoms with van der Waals surface area (Å²) in [5, 5.41) is 11.0. The van der Waals surface area contributed by atoms with Crippen molar-refractivity contribution in [1.29, 1.82) is 0 Å². The Kier molecular flexibility index (Phi) is 6.47. The number of non-ortho nitro benzene ring substituents is 1. The minimum atomic E-state index is -0.494. The van der Waals surface area contributed by atoms with Crippen LogP contribution in [-0.4, -0.2) is 28.9 Å². The molecule has 1 amide bonds. The molecule has 1 aromatic heterocycles. The van der Waals surface area contributed by atoms with Gasteiger partial charge >= 0.3 is 0 Å². The number of benzene rings is 2. The summed E-state index contributed by atoms with van der Waals surface area (Å²) in [5.74, 6) is 1.67. The maximum absolute atomic E-state index is 13.0. The summed E-state index contributed by atoms with van der Waals surface area (Å²) in [6, 6.07) is 14.8. The van der Waals surface area contributed by atoms with E-state index >= 15 is 0 Å². The van der Waals surface area contributed by atoms with Crippen LogP contribution >= 0.6 is 24.0 Å². The van der Waals surface area contributed by atoms with Gasteiger partial charge in [-0.3, -0.25) is 19.8 Å². The van der Waals surface area contributed by atoms with Gasteiger partial charge in [-0.05, 0) is 49.4 Å². The zero-order valence-corrected chi connectivity index (χ0v) is 19.3. The molecule has 0 spiro atoms. The van der Waals surface area contributed by atoms with E-state index in [1.807, 2.05) is 6.92 Å². The number of furan rings is 1. The molecule has 1 saturated heterocycles. The van der Waals surface area contributed by atoms with Crippen molar-refractivity contribution >= 4 is 51.7 Å². The molecular formula is C23H18N2O6S2.